The van der Waals surface area contributed by atoms with Gasteiger partial charge in [0.15, 0.2) is 6.61 Å². The first-order chi connectivity index (χ1) is 12.2. The minimum atomic E-state index is -0.326. The number of hydrogen-bond acceptors (Lipinski definition) is 6. The summed E-state index contributed by atoms with van der Waals surface area (Å²) in [6, 6.07) is 12.0. The molecule has 2 aromatic carbocycles. The Labute approximate surface area is 148 Å². The highest BCUT2D eigenvalue weighted by atomic mass is 35.5. The van der Waals surface area contributed by atoms with E-state index in [0.717, 1.165) is 0 Å². The van der Waals surface area contributed by atoms with Gasteiger partial charge in [0.2, 0.25) is 0 Å². The van der Waals surface area contributed by atoms with Crippen LogP contribution in [0.3, 0.4) is 0 Å². The van der Waals surface area contributed by atoms with Crippen LogP contribution in [0.1, 0.15) is 0 Å². The molecule has 0 saturated carbocycles. The third-order valence-electron chi connectivity index (χ3n) is 3.24. The minimum Gasteiger partial charge on any atom is -0.494 e. The molecule has 1 aromatic heterocycles. The monoisotopic (exact) mass is 359 g/mol. The predicted octanol–water partition coefficient (Wildman–Crippen LogP) is 2.34. The van der Waals surface area contributed by atoms with Crippen molar-refractivity contribution in [2.75, 3.05) is 19.0 Å². The molecule has 0 aliphatic heterocycles. The van der Waals surface area contributed by atoms with E-state index in [2.05, 4.69) is 20.8 Å². The number of methoxy groups -OCH3 is 1. The van der Waals surface area contributed by atoms with Gasteiger partial charge < -0.3 is 14.8 Å². The highest BCUT2D eigenvalue weighted by molar-refractivity contribution is 6.30. The Balaban J connectivity index is 1.66. The standard InChI is InChI=1S/C16H14ClN5O3/c1-24-15-8-12(22-10-18-20-21-22)5-6-14(15)19-16(23)9-25-13-4-2-3-11(17)7-13/h2-8,10H,9H2,1H3,(H,19,23). The van der Waals surface area contributed by atoms with Gasteiger partial charge in [-0.05, 0) is 40.8 Å². The van der Waals surface area contributed by atoms with E-state index in [4.69, 9.17) is 21.1 Å². The normalized spacial score (nSPS) is 10.3. The van der Waals surface area contributed by atoms with Crippen LogP contribution in [0.25, 0.3) is 5.69 Å². The van der Waals surface area contributed by atoms with Crippen molar-refractivity contribution in [1.29, 1.82) is 0 Å². The van der Waals surface area contributed by atoms with Crippen molar-refractivity contribution in [2.45, 2.75) is 0 Å². The van der Waals surface area contributed by atoms with E-state index in [9.17, 15) is 4.79 Å². The molecule has 0 fully saturated rings. The van der Waals surface area contributed by atoms with Gasteiger partial charge >= 0.3 is 0 Å². The van der Waals surface area contributed by atoms with Gasteiger partial charge in [-0.1, -0.05) is 17.7 Å². The maximum absolute atomic E-state index is 12.1. The molecule has 1 amide bonds. The van der Waals surface area contributed by atoms with Gasteiger partial charge in [0.1, 0.15) is 17.8 Å². The number of ether oxygens (including phenoxy) is 2. The van der Waals surface area contributed by atoms with Crippen LogP contribution >= 0.6 is 11.6 Å². The lowest BCUT2D eigenvalue weighted by atomic mass is 10.2. The zero-order chi connectivity index (χ0) is 17.6. The maximum Gasteiger partial charge on any atom is 0.262 e. The van der Waals surface area contributed by atoms with Crippen LogP contribution in [0.15, 0.2) is 48.8 Å². The van der Waals surface area contributed by atoms with E-state index in [0.29, 0.717) is 27.9 Å². The number of tetrazole rings is 1. The zero-order valence-electron chi connectivity index (χ0n) is 13.2. The number of rotatable bonds is 6. The average Bonchev–Trinajstić information content (AvgIpc) is 3.15. The quantitative estimate of drug-likeness (QED) is 0.726. The van der Waals surface area contributed by atoms with Crippen molar-refractivity contribution >= 4 is 23.2 Å². The molecule has 0 radical (unpaired) electrons. The molecule has 0 aliphatic rings. The van der Waals surface area contributed by atoms with Crippen molar-refractivity contribution in [3.8, 4) is 17.2 Å². The molecule has 25 heavy (non-hydrogen) atoms. The number of carbonyl (C=O) groups excluding carboxylic acids is 1. The third kappa shape index (κ3) is 4.24. The van der Waals surface area contributed by atoms with Crippen LogP contribution in [-0.4, -0.2) is 39.8 Å². The molecule has 3 rings (SSSR count). The van der Waals surface area contributed by atoms with E-state index in [1.807, 2.05) is 0 Å². The largest absolute Gasteiger partial charge is 0.494 e. The van der Waals surface area contributed by atoms with Gasteiger partial charge in [0.25, 0.3) is 5.91 Å². The van der Waals surface area contributed by atoms with E-state index >= 15 is 0 Å². The molecule has 9 heteroatoms. The van der Waals surface area contributed by atoms with Crippen LogP contribution in [0.5, 0.6) is 11.5 Å². The summed E-state index contributed by atoms with van der Waals surface area (Å²) < 4.78 is 12.2. The minimum absolute atomic E-state index is 0.155. The number of anilines is 1. The number of aromatic nitrogens is 4. The summed E-state index contributed by atoms with van der Waals surface area (Å²) in [7, 11) is 1.51. The number of nitrogens with one attached hydrogen (secondary N) is 1. The molecule has 0 saturated heterocycles. The summed E-state index contributed by atoms with van der Waals surface area (Å²) >= 11 is 5.87. The highest BCUT2D eigenvalue weighted by Gasteiger charge is 2.10. The summed E-state index contributed by atoms with van der Waals surface area (Å²) in [6.07, 6.45) is 1.46. The van der Waals surface area contributed by atoms with Gasteiger partial charge in [0.05, 0.1) is 18.5 Å². The van der Waals surface area contributed by atoms with Gasteiger partial charge in [-0.25, -0.2) is 4.68 Å². The topological polar surface area (TPSA) is 91.2 Å². The summed E-state index contributed by atoms with van der Waals surface area (Å²) in [6.45, 7) is -0.155. The number of carbonyl (C=O) groups is 1. The fourth-order valence-electron chi connectivity index (χ4n) is 2.10. The summed E-state index contributed by atoms with van der Waals surface area (Å²) in [5, 5.41) is 14.2. The van der Waals surface area contributed by atoms with Crippen LogP contribution in [0, 0.1) is 0 Å². The summed E-state index contributed by atoms with van der Waals surface area (Å²) in [5.74, 6) is 0.668. The third-order valence-corrected chi connectivity index (χ3v) is 3.47. The van der Waals surface area contributed by atoms with Crippen LogP contribution in [0.4, 0.5) is 5.69 Å². The van der Waals surface area contributed by atoms with Crippen molar-refractivity contribution < 1.29 is 14.3 Å². The Morgan fingerprint density at radius 1 is 1.28 bits per heavy atom. The van der Waals surface area contributed by atoms with E-state index in [1.165, 1.54) is 18.1 Å². The number of hydrogen-bond donors (Lipinski definition) is 1. The molecule has 1 N–H and O–H groups in total. The lowest BCUT2D eigenvalue weighted by Crippen LogP contribution is -2.20. The van der Waals surface area contributed by atoms with Gasteiger partial charge in [-0.2, -0.15) is 0 Å². The fourth-order valence-corrected chi connectivity index (χ4v) is 2.28. The SMILES string of the molecule is COc1cc(-n2cnnn2)ccc1NC(=O)COc1cccc(Cl)c1. The average molecular weight is 360 g/mol. The van der Waals surface area contributed by atoms with Crippen molar-refractivity contribution in [1.82, 2.24) is 20.2 Å². The second kappa shape index (κ2) is 7.63. The number of benzene rings is 2. The van der Waals surface area contributed by atoms with Gasteiger partial charge in [0, 0.05) is 11.1 Å². The molecule has 1 heterocycles. The first kappa shape index (κ1) is 16.7. The number of nitrogens with zero attached hydrogens (tertiary/aromatic N) is 4. The molecule has 0 spiro atoms. The van der Waals surface area contributed by atoms with E-state index in [-0.39, 0.29) is 12.5 Å². The zero-order valence-corrected chi connectivity index (χ0v) is 14.0. The van der Waals surface area contributed by atoms with Crippen molar-refractivity contribution in [2.24, 2.45) is 0 Å². The molecule has 128 valence electrons. The Kier molecular flexibility index (Phi) is 5.10. The molecular formula is C16H14ClN5O3. The molecule has 0 bridgehead atoms. The first-order valence-corrected chi connectivity index (χ1v) is 7.63. The fraction of sp³-hybridized carbons (Fsp3) is 0.125. The number of amides is 1. The Morgan fingerprint density at radius 3 is 2.88 bits per heavy atom. The summed E-state index contributed by atoms with van der Waals surface area (Å²) in [4.78, 5) is 12.1. The van der Waals surface area contributed by atoms with Gasteiger partial charge in [-0.15, -0.1) is 5.10 Å². The number of halogens is 1. The first-order valence-electron chi connectivity index (χ1n) is 7.25. The van der Waals surface area contributed by atoms with Crippen LogP contribution < -0.4 is 14.8 Å². The molecule has 0 aliphatic carbocycles. The molecule has 0 unspecified atom stereocenters. The van der Waals surface area contributed by atoms with Crippen LogP contribution in [-0.2, 0) is 4.79 Å². The predicted molar refractivity (Wildman–Crippen MR) is 91.3 cm³/mol. The Bertz CT molecular complexity index is 870. The van der Waals surface area contributed by atoms with E-state index in [1.54, 1.807) is 42.5 Å². The molecule has 3 aromatic rings. The molecule has 0 atom stereocenters. The Morgan fingerprint density at radius 2 is 2.16 bits per heavy atom. The molecular weight excluding hydrogens is 346 g/mol. The van der Waals surface area contributed by atoms with Crippen LogP contribution in [0.2, 0.25) is 5.02 Å². The van der Waals surface area contributed by atoms with E-state index < -0.39 is 0 Å². The second-order valence-electron chi connectivity index (χ2n) is 4.93. The smallest absolute Gasteiger partial charge is 0.262 e. The summed E-state index contributed by atoms with van der Waals surface area (Å²) in [5.41, 5.74) is 1.22. The lowest BCUT2D eigenvalue weighted by molar-refractivity contribution is -0.118. The van der Waals surface area contributed by atoms with Gasteiger partial charge in [-0.3, -0.25) is 4.79 Å². The maximum atomic E-state index is 12.1. The molecule has 8 nitrogen and oxygen atoms in total. The Hall–Kier alpha value is -3.13. The second-order valence-corrected chi connectivity index (χ2v) is 5.37. The van der Waals surface area contributed by atoms with Crippen molar-refractivity contribution in [3.63, 3.8) is 0 Å². The van der Waals surface area contributed by atoms with Crippen molar-refractivity contribution in [3.05, 3.63) is 53.8 Å². The lowest BCUT2D eigenvalue weighted by Gasteiger charge is -2.12. The highest BCUT2D eigenvalue weighted by Crippen LogP contribution is 2.27.